The monoisotopic (exact) mass is 388 g/mol. The van der Waals surface area contributed by atoms with Gasteiger partial charge in [0.05, 0.1) is 20.2 Å². The molecule has 0 aromatic carbocycles. The smallest absolute Gasteiger partial charge is 0.748 e. The molecule has 0 aliphatic heterocycles. The number of hydrogen-bond donors (Lipinski definition) is 0. The molecule has 17 heavy (non-hydrogen) atoms. The van der Waals surface area contributed by atoms with Crippen molar-refractivity contribution in [1.82, 2.24) is 0 Å². The van der Waals surface area contributed by atoms with Crippen LogP contribution >= 0.6 is 0 Å². The van der Waals surface area contributed by atoms with Crippen molar-refractivity contribution in [2.75, 3.05) is 11.5 Å². The summed E-state index contributed by atoms with van der Waals surface area (Å²) in [7, 11) is -7.87. The van der Waals surface area contributed by atoms with Gasteiger partial charge >= 0.3 is 27.3 Å². The molecule has 6 nitrogen and oxygen atoms in total. The van der Waals surface area contributed by atoms with Crippen molar-refractivity contribution in [1.29, 1.82) is 0 Å². The van der Waals surface area contributed by atoms with Crippen LogP contribution in [-0.2, 0) is 47.5 Å². The second-order valence-electron chi connectivity index (χ2n) is 3.23. The molecule has 0 amide bonds. The Morgan fingerprint density at radius 1 is 0.765 bits per heavy atom. The quantitative estimate of drug-likeness (QED) is 0.489. The SMILES string of the molecule is CCCCS(=O)(=O)[O-].CCCCS(=O)(=O)[O-].[Cd+2]. The summed E-state index contributed by atoms with van der Waals surface area (Å²) in [5.41, 5.74) is 0. The molecular weight excluding hydrogens is 369 g/mol. The molecule has 0 saturated heterocycles. The first-order valence-electron chi connectivity index (χ1n) is 4.99. The van der Waals surface area contributed by atoms with Gasteiger partial charge in [0.2, 0.25) is 0 Å². The van der Waals surface area contributed by atoms with Crippen molar-refractivity contribution in [3.05, 3.63) is 0 Å². The molecule has 0 heterocycles. The van der Waals surface area contributed by atoms with E-state index in [-0.39, 0.29) is 38.8 Å². The van der Waals surface area contributed by atoms with E-state index in [1.165, 1.54) is 0 Å². The van der Waals surface area contributed by atoms with E-state index in [0.717, 1.165) is 12.8 Å². The first kappa shape index (κ1) is 22.9. The zero-order valence-electron chi connectivity index (χ0n) is 10.2. The molecule has 0 saturated carbocycles. The van der Waals surface area contributed by atoms with Crippen molar-refractivity contribution >= 4 is 20.2 Å². The van der Waals surface area contributed by atoms with E-state index in [4.69, 9.17) is 0 Å². The molecule has 0 radical (unpaired) electrons. The molecule has 0 aliphatic carbocycles. The molecular formula is C8H18CdO6S2. The van der Waals surface area contributed by atoms with E-state index in [1.807, 2.05) is 13.8 Å². The first-order valence-corrected chi connectivity index (χ1v) is 8.15. The van der Waals surface area contributed by atoms with E-state index < -0.39 is 20.2 Å². The summed E-state index contributed by atoms with van der Waals surface area (Å²) >= 11 is 0. The number of hydrogen-bond acceptors (Lipinski definition) is 6. The maximum atomic E-state index is 9.83. The minimum atomic E-state index is -3.94. The van der Waals surface area contributed by atoms with Crippen LogP contribution in [0.3, 0.4) is 0 Å². The molecule has 0 atom stereocenters. The van der Waals surface area contributed by atoms with E-state index >= 15 is 0 Å². The van der Waals surface area contributed by atoms with E-state index in [9.17, 15) is 25.9 Å². The van der Waals surface area contributed by atoms with Gasteiger partial charge < -0.3 is 9.11 Å². The van der Waals surface area contributed by atoms with Gasteiger partial charge in [0.15, 0.2) is 0 Å². The summed E-state index contributed by atoms with van der Waals surface area (Å²) in [6, 6.07) is 0. The van der Waals surface area contributed by atoms with E-state index in [1.54, 1.807) is 0 Å². The Bertz CT molecular complexity index is 312. The van der Waals surface area contributed by atoms with Crippen LogP contribution in [0.25, 0.3) is 0 Å². The van der Waals surface area contributed by atoms with Gasteiger partial charge in [-0.3, -0.25) is 0 Å². The Morgan fingerprint density at radius 3 is 1.06 bits per heavy atom. The molecule has 9 heteroatoms. The van der Waals surface area contributed by atoms with E-state index in [2.05, 4.69) is 0 Å². The molecule has 0 aromatic rings. The summed E-state index contributed by atoms with van der Waals surface area (Å²) < 4.78 is 59.0. The van der Waals surface area contributed by atoms with Gasteiger partial charge in [0.1, 0.15) is 0 Å². The Kier molecular flexibility index (Phi) is 15.9. The van der Waals surface area contributed by atoms with Gasteiger partial charge in [0, 0.05) is 11.5 Å². The van der Waals surface area contributed by atoms with Crippen molar-refractivity contribution < 1.29 is 53.2 Å². The molecule has 100 valence electrons. The van der Waals surface area contributed by atoms with Crippen molar-refractivity contribution in [3.63, 3.8) is 0 Å². The van der Waals surface area contributed by atoms with Crippen LogP contribution in [0.5, 0.6) is 0 Å². The average molecular weight is 387 g/mol. The molecule has 0 bridgehead atoms. The van der Waals surface area contributed by atoms with Gasteiger partial charge in [0.25, 0.3) is 0 Å². The van der Waals surface area contributed by atoms with Gasteiger partial charge in [-0.1, -0.05) is 26.7 Å². The second-order valence-corrected chi connectivity index (χ2v) is 6.28. The summed E-state index contributed by atoms with van der Waals surface area (Å²) in [6.45, 7) is 3.68. The molecule has 0 unspecified atom stereocenters. The van der Waals surface area contributed by atoms with E-state index in [0.29, 0.717) is 12.8 Å². The summed E-state index contributed by atoms with van der Waals surface area (Å²) in [5.74, 6) is -0.438. The molecule has 0 N–H and O–H groups in total. The van der Waals surface area contributed by atoms with Crippen LogP contribution in [0.1, 0.15) is 39.5 Å². The predicted molar refractivity (Wildman–Crippen MR) is 58.9 cm³/mol. The third kappa shape index (κ3) is 31.5. The average Bonchev–Trinajstić information content (AvgIpc) is 2.10. The van der Waals surface area contributed by atoms with Crippen molar-refractivity contribution in [2.24, 2.45) is 0 Å². The Balaban J connectivity index is -0.000000218. The molecule has 0 rings (SSSR count). The standard InChI is InChI=1S/2C4H10O3S.Cd/c2*1-2-3-4-8(5,6)7;/h2*2-4H2,1H3,(H,5,6,7);/q;;+2/p-2. The third-order valence-corrected chi connectivity index (χ3v) is 3.07. The predicted octanol–water partition coefficient (Wildman–Crippen LogP) is 0.661. The Hall–Kier alpha value is 0.742. The fraction of sp³-hybridized carbons (Fsp3) is 1.00. The fourth-order valence-corrected chi connectivity index (χ4v) is 1.93. The normalized spacial score (nSPS) is 11.1. The van der Waals surface area contributed by atoms with Crippen LogP contribution in [0.15, 0.2) is 0 Å². The van der Waals surface area contributed by atoms with Crippen LogP contribution in [0.4, 0.5) is 0 Å². The maximum Gasteiger partial charge on any atom is 2.00 e. The molecule has 0 fully saturated rings. The van der Waals surface area contributed by atoms with Gasteiger partial charge in [-0.2, -0.15) is 0 Å². The largest absolute Gasteiger partial charge is 2.00 e. The zero-order valence-corrected chi connectivity index (χ0v) is 15.9. The van der Waals surface area contributed by atoms with Gasteiger partial charge in [-0.25, -0.2) is 16.8 Å². The summed E-state index contributed by atoms with van der Waals surface area (Å²) in [5, 5.41) is 0. The topological polar surface area (TPSA) is 114 Å². The number of rotatable bonds is 6. The first-order chi connectivity index (χ1) is 7.12. The Labute approximate surface area is 124 Å². The second kappa shape index (κ2) is 11.8. The fourth-order valence-electron chi connectivity index (χ4n) is 0.642. The molecule has 0 aromatic heterocycles. The van der Waals surface area contributed by atoms with Crippen LogP contribution < -0.4 is 0 Å². The van der Waals surface area contributed by atoms with Crippen LogP contribution in [0.2, 0.25) is 0 Å². The minimum absolute atomic E-state index is 0. The number of unbranched alkanes of at least 4 members (excludes halogenated alkanes) is 2. The van der Waals surface area contributed by atoms with Gasteiger partial charge in [-0.05, 0) is 12.8 Å². The summed E-state index contributed by atoms with van der Waals surface area (Å²) in [6.07, 6.45) is 2.46. The molecule has 0 aliphatic rings. The minimum Gasteiger partial charge on any atom is -0.748 e. The maximum absolute atomic E-state index is 9.83. The summed E-state index contributed by atoms with van der Waals surface area (Å²) in [4.78, 5) is 0. The van der Waals surface area contributed by atoms with Crippen LogP contribution in [0, 0.1) is 0 Å². The Morgan fingerprint density at radius 2 is 1.00 bits per heavy atom. The van der Waals surface area contributed by atoms with Crippen molar-refractivity contribution in [2.45, 2.75) is 39.5 Å². The van der Waals surface area contributed by atoms with Gasteiger partial charge in [-0.15, -0.1) is 0 Å². The third-order valence-electron chi connectivity index (χ3n) is 1.50. The zero-order chi connectivity index (χ0) is 13.2. The van der Waals surface area contributed by atoms with Crippen molar-refractivity contribution in [3.8, 4) is 0 Å². The molecule has 0 spiro atoms. The van der Waals surface area contributed by atoms with Crippen LogP contribution in [-0.4, -0.2) is 37.4 Å².